The normalized spacial score (nSPS) is 18.4. The van der Waals surface area contributed by atoms with Crippen molar-refractivity contribution in [1.29, 1.82) is 0 Å². The van der Waals surface area contributed by atoms with Crippen molar-refractivity contribution in [2.24, 2.45) is 0 Å². The minimum Gasteiger partial charge on any atom is -0.482 e. The van der Waals surface area contributed by atoms with E-state index in [9.17, 15) is 13.2 Å². The van der Waals surface area contributed by atoms with Gasteiger partial charge in [-0.05, 0) is 30.3 Å². The first-order valence-corrected chi connectivity index (χ1v) is 10.2. The van der Waals surface area contributed by atoms with Crippen LogP contribution in [0.4, 0.5) is 5.69 Å². The highest BCUT2D eigenvalue weighted by molar-refractivity contribution is 7.89. The van der Waals surface area contributed by atoms with Crippen LogP contribution in [0.3, 0.4) is 0 Å². The van der Waals surface area contributed by atoms with E-state index in [1.54, 1.807) is 12.3 Å². The fourth-order valence-corrected chi connectivity index (χ4v) is 4.67. The molecular weight excluding hydrogens is 368 g/mol. The van der Waals surface area contributed by atoms with E-state index < -0.39 is 10.0 Å². The van der Waals surface area contributed by atoms with Gasteiger partial charge in [-0.1, -0.05) is 6.07 Å². The van der Waals surface area contributed by atoms with Crippen molar-refractivity contribution in [2.75, 3.05) is 38.1 Å². The Bertz CT molecular complexity index is 941. The molecule has 1 N–H and O–H groups in total. The molecule has 27 heavy (non-hydrogen) atoms. The number of carbonyl (C=O) groups is 1. The molecular formula is C18H20N4O4S. The standard InChI is InChI=1S/C18H20N4O4S/c23-18-13-26-17-5-4-15(11-16(17)20-18)27(24,25)22-9-7-21(8-10-22)12-14-3-1-2-6-19-14/h1-6,11H,7-10,12-13H2,(H,20,23). The second kappa shape index (κ2) is 7.26. The van der Waals surface area contributed by atoms with Crippen molar-refractivity contribution in [3.05, 3.63) is 48.3 Å². The molecule has 1 saturated heterocycles. The summed E-state index contributed by atoms with van der Waals surface area (Å²) in [6.45, 7) is 2.75. The monoisotopic (exact) mass is 388 g/mol. The number of benzene rings is 1. The van der Waals surface area contributed by atoms with E-state index in [2.05, 4.69) is 15.2 Å². The van der Waals surface area contributed by atoms with Crippen LogP contribution < -0.4 is 10.1 Å². The number of anilines is 1. The summed E-state index contributed by atoms with van der Waals surface area (Å²) in [4.78, 5) is 18.1. The Hall–Kier alpha value is -2.49. The van der Waals surface area contributed by atoms with Gasteiger partial charge in [0.15, 0.2) is 6.61 Å². The number of pyridine rings is 1. The van der Waals surface area contributed by atoms with Gasteiger partial charge in [0.2, 0.25) is 10.0 Å². The average Bonchev–Trinajstić information content (AvgIpc) is 2.68. The van der Waals surface area contributed by atoms with Gasteiger partial charge in [0.25, 0.3) is 5.91 Å². The molecule has 4 rings (SSSR count). The van der Waals surface area contributed by atoms with Gasteiger partial charge >= 0.3 is 0 Å². The first-order valence-electron chi connectivity index (χ1n) is 8.71. The van der Waals surface area contributed by atoms with Crippen LogP contribution in [0.25, 0.3) is 0 Å². The van der Waals surface area contributed by atoms with Crippen molar-refractivity contribution in [3.63, 3.8) is 0 Å². The molecule has 2 aromatic rings. The number of aromatic nitrogens is 1. The molecule has 0 saturated carbocycles. The van der Waals surface area contributed by atoms with Gasteiger partial charge in [-0.3, -0.25) is 14.7 Å². The number of ether oxygens (including phenoxy) is 1. The molecule has 1 aromatic heterocycles. The molecule has 3 heterocycles. The highest BCUT2D eigenvalue weighted by Crippen LogP contribution is 2.31. The van der Waals surface area contributed by atoms with E-state index in [0.717, 1.165) is 5.69 Å². The lowest BCUT2D eigenvalue weighted by Crippen LogP contribution is -2.48. The van der Waals surface area contributed by atoms with Crippen molar-refractivity contribution in [1.82, 2.24) is 14.2 Å². The first-order chi connectivity index (χ1) is 13.0. The van der Waals surface area contributed by atoms with E-state index in [0.29, 0.717) is 44.2 Å². The molecule has 9 heteroatoms. The highest BCUT2D eigenvalue weighted by atomic mass is 32.2. The third kappa shape index (κ3) is 3.80. The van der Waals surface area contributed by atoms with Crippen LogP contribution in [0.15, 0.2) is 47.5 Å². The van der Waals surface area contributed by atoms with Gasteiger partial charge < -0.3 is 10.1 Å². The number of amides is 1. The predicted octanol–water partition coefficient (Wildman–Crippen LogP) is 0.919. The Morgan fingerprint density at radius 2 is 1.93 bits per heavy atom. The largest absolute Gasteiger partial charge is 0.482 e. The molecule has 2 aliphatic heterocycles. The Balaban J connectivity index is 1.44. The Kier molecular flexibility index (Phi) is 4.81. The van der Waals surface area contributed by atoms with Crippen LogP contribution in [0.1, 0.15) is 5.69 Å². The van der Waals surface area contributed by atoms with Crippen molar-refractivity contribution in [2.45, 2.75) is 11.4 Å². The van der Waals surface area contributed by atoms with Crippen LogP contribution in [0.5, 0.6) is 5.75 Å². The fraction of sp³-hybridized carbons (Fsp3) is 0.333. The predicted molar refractivity (Wildman–Crippen MR) is 98.8 cm³/mol. The molecule has 0 aliphatic carbocycles. The molecule has 1 fully saturated rings. The number of hydrogen-bond donors (Lipinski definition) is 1. The van der Waals surface area contributed by atoms with E-state index >= 15 is 0 Å². The van der Waals surface area contributed by atoms with E-state index in [1.165, 1.54) is 16.4 Å². The lowest BCUT2D eigenvalue weighted by atomic mass is 10.2. The zero-order valence-corrected chi connectivity index (χ0v) is 15.5. The SMILES string of the molecule is O=C1COc2ccc(S(=O)(=O)N3CCN(Cc4ccccn4)CC3)cc2N1. The Morgan fingerprint density at radius 1 is 1.11 bits per heavy atom. The van der Waals surface area contributed by atoms with Crippen LogP contribution in [-0.2, 0) is 21.4 Å². The number of piperazine rings is 1. The summed E-state index contributed by atoms with van der Waals surface area (Å²) >= 11 is 0. The highest BCUT2D eigenvalue weighted by Gasteiger charge is 2.30. The van der Waals surface area contributed by atoms with Gasteiger partial charge in [0.05, 0.1) is 16.3 Å². The van der Waals surface area contributed by atoms with Crippen molar-refractivity contribution in [3.8, 4) is 5.75 Å². The number of nitrogens with zero attached hydrogens (tertiary/aromatic N) is 3. The molecule has 2 aliphatic rings. The molecule has 8 nitrogen and oxygen atoms in total. The number of hydrogen-bond acceptors (Lipinski definition) is 6. The van der Waals surface area contributed by atoms with Gasteiger partial charge in [-0.2, -0.15) is 4.31 Å². The van der Waals surface area contributed by atoms with Crippen LogP contribution in [0, 0.1) is 0 Å². The maximum atomic E-state index is 13.0. The average molecular weight is 388 g/mol. The molecule has 0 spiro atoms. The fourth-order valence-electron chi connectivity index (χ4n) is 3.22. The third-order valence-corrected chi connectivity index (χ3v) is 6.56. The second-order valence-corrected chi connectivity index (χ2v) is 8.43. The van der Waals surface area contributed by atoms with Crippen LogP contribution in [0.2, 0.25) is 0 Å². The van der Waals surface area contributed by atoms with Gasteiger partial charge in [-0.25, -0.2) is 8.42 Å². The summed E-state index contributed by atoms with van der Waals surface area (Å²) in [5.41, 5.74) is 1.36. The maximum absolute atomic E-state index is 13.0. The number of carbonyl (C=O) groups excluding carboxylic acids is 1. The maximum Gasteiger partial charge on any atom is 0.262 e. The van der Waals surface area contributed by atoms with Gasteiger partial charge in [-0.15, -0.1) is 0 Å². The third-order valence-electron chi connectivity index (χ3n) is 4.66. The Morgan fingerprint density at radius 3 is 2.67 bits per heavy atom. The number of sulfonamides is 1. The molecule has 0 bridgehead atoms. The van der Waals surface area contributed by atoms with Gasteiger partial charge in [0, 0.05) is 38.9 Å². The minimum atomic E-state index is -3.63. The van der Waals surface area contributed by atoms with E-state index in [-0.39, 0.29) is 17.4 Å². The number of rotatable bonds is 4. The van der Waals surface area contributed by atoms with E-state index in [4.69, 9.17) is 4.74 Å². The lowest BCUT2D eigenvalue weighted by molar-refractivity contribution is -0.118. The number of fused-ring (bicyclic) bond motifs is 1. The summed E-state index contributed by atoms with van der Waals surface area (Å²) in [6.07, 6.45) is 1.76. The first kappa shape index (κ1) is 17.9. The summed E-state index contributed by atoms with van der Waals surface area (Å²) in [7, 11) is -3.63. The molecule has 0 atom stereocenters. The Labute approximate surface area is 157 Å². The summed E-state index contributed by atoms with van der Waals surface area (Å²) in [5.74, 6) is 0.189. The van der Waals surface area contributed by atoms with Gasteiger partial charge in [0.1, 0.15) is 5.75 Å². The molecule has 1 aromatic carbocycles. The topological polar surface area (TPSA) is 91.8 Å². The van der Waals surface area contributed by atoms with Crippen LogP contribution in [-0.4, -0.2) is 61.3 Å². The van der Waals surface area contributed by atoms with Crippen molar-refractivity contribution >= 4 is 21.6 Å². The molecule has 1 amide bonds. The summed E-state index contributed by atoms with van der Waals surface area (Å²) < 4.78 is 32.7. The van der Waals surface area contributed by atoms with Crippen LogP contribution >= 0.6 is 0 Å². The summed E-state index contributed by atoms with van der Waals surface area (Å²) in [5, 5.41) is 2.65. The van der Waals surface area contributed by atoms with E-state index in [1.807, 2.05) is 18.2 Å². The minimum absolute atomic E-state index is 0.0582. The lowest BCUT2D eigenvalue weighted by Gasteiger charge is -2.33. The summed E-state index contributed by atoms with van der Waals surface area (Å²) in [6, 6.07) is 10.3. The smallest absolute Gasteiger partial charge is 0.262 e. The quantitative estimate of drug-likeness (QED) is 0.837. The number of nitrogens with one attached hydrogen (secondary N) is 1. The molecule has 0 radical (unpaired) electrons. The molecule has 0 unspecified atom stereocenters. The zero-order valence-electron chi connectivity index (χ0n) is 14.7. The van der Waals surface area contributed by atoms with Crippen molar-refractivity contribution < 1.29 is 17.9 Å². The molecule has 142 valence electrons. The second-order valence-electron chi connectivity index (χ2n) is 6.50. The zero-order chi connectivity index (χ0) is 18.9.